The molecule has 0 N–H and O–H groups in total. The first-order chi connectivity index (χ1) is 9.81. The predicted molar refractivity (Wildman–Crippen MR) is 74.5 cm³/mol. The van der Waals surface area contributed by atoms with Crippen molar-refractivity contribution in [2.24, 2.45) is 0 Å². The Kier molecular flexibility index (Phi) is 4.54. The Bertz CT molecular complexity index is 448. The average Bonchev–Trinajstić information content (AvgIpc) is 2.49. The van der Waals surface area contributed by atoms with Crippen LogP contribution in [0.15, 0.2) is 6.07 Å². The van der Waals surface area contributed by atoms with Gasteiger partial charge in [0.25, 0.3) is 0 Å². The van der Waals surface area contributed by atoms with Crippen molar-refractivity contribution in [3.63, 3.8) is 0 Å². The van der Waals surface area contributed by atoms with Crippen molar-refractivity contribution >= 4 is 17.4 Å². The van der Waals surface area contributed by atoms with Gasteiger partial charge in [0.05, 0.1) is 26.4 Å². The fourth-order valence-corrected chi connectivity index (χ4v) is 2.51. The van der Waals surface area contributed by atoms with Crippen LogP contribution in [0.2, 0.25) is 5.15 Å². The van der Waals surface area contributed by atoms with Crippen molar-refractivity contribution in [3.05, 3.63) is 11.2 Å². The van der Waals surface area contributed by atoms with Gasteiger partial charge in [0.1, 0.15) is 17.1 Å². The molecule has 0 aliphatic carbocycles. The minimum Gasteiger partial charge on any atom is -0.460 e. The number of aromatic nitrogens is 2. The van der Waals surface area contributed by atoms with Crippen LogP contribution < -0.4 is 9.64 Å². The van der Waals surface area contributed by atoms with Gasteiger partial charge in [-0.05, 0) is 0 Å². The van der Waals surface area contributed by atoms with E-state index in [1.807, 2.05) is 0 Å². The van der Waals surface area contributed by atoms with Gasteiger partial charge in [-0.3, -0.25) is 0 Å². The Morgan fingerprint density at radius 3 is 2.55 bits per heavy atom. The van der Waals surface area contributed by atoms with Crippen LogP contribution in [0.4, 0.5) is 5.82 Å². The summed E-state index contributed by atoms with van der Waals surface area (Å²) in [6, 6.07) is 2.12. The lowest BCUT2D eigenvalue weighted by Gasteiger charge is -2.28. The fraction of sp³-hybridized carbons (Fsp3) is 0.692. The van der Waals surface area contributed by atoms with Gasteiger partial charge in [-0.25, -0.2) is 0 Å². The van der Waals surface area contributed by atoms with Crippen LogP contribution in [-0.2, 0) is 9.47 Å². The quantitative estimate of drug-likeness (QED) is 0.789. The lowest BCUT2D eigenvalue weighted by Crippen LogP contribution is -2.37. The minimum atomic E-state index is 0.111. The molecule has 0 bridgehead atoms. The second kappa shape index (κ2) is 6.56. The van der Waals surface area contributed by atoms with Gasteiger partial charge >= 0.3 is 6.01 Å². The summed E-state index contributed by atoms with van der Waals surface area (Å²) >= 11 is 6.07. The number of nitrogens with zero attached hydrogens (tertiary/aromatic N) is 3. The van der Waals surface area contributed by atoms with Gasteiger partial charge in [-0.2, -0.15) is 9.97 Å². The van der Waals surface area contributed by atoms with Crippen molar-refractivity contribution in [1.29, 1.82) is 0 Å². The molecular formula is C13H18ClN3O3. The molecule has 0 atom stereocenters. The zero-order valence-corrected chi connectivity index (χ0v) is 12.0. The van der Waals surface area contributed by atoms with E-state index in [2.05, 4.69) is 14.9 Å². The molecular weight excluding hydrogens is 282 g/mol. The first-order valence-corrected chi connectivity index (χ1v) is 7.31. The summed E-state index contributed by atoms with van der Waals surface area (Å²) in [6.07, 6.45) is 1.84. The van der Waals surface area contributed by atoms with Gasteiger partial charge in [0.15, 0.2) is 0 Å². The van der Waals surface area contributed by atoms with E-state index in [9.17, 15) is 0 Å². The number of ether oxygens (including phenoxy) is 3. The summed E-state index contributed by atoms with van der Waals surface area (Å²) in [5.41, 5.74) is 0. The molecule has 0 spiro atoms. The molecule has 110 valence electrons. The number of rotatable bonds is 3. The summed E-state index contributed by atoms with van der Waals surface area (Å²) in [6.45, 7) is 4.48. The highest BCUT2D eigenvalue weighted by Crippen LogP contribution is 2.22. The Morgan fingerprint density at radius 1 is 1.10 bits per heavy atom. The van der Waals surface area contributed by atoms with Gasteiger partial charge < -0.3 is 19.1 Å². The van der Waals surface area contributed by atoms with Gasteiger partial charge in [0.2, 0.25) is 0 Å². The summed E-state index contributed by atoms with van der Waals surface area (Å²) < 4.78 is 16.5. The molecule has 2 aliphatic rings. The van der Waals surface area contributed by atoms with Crippen molar-refractivity contribution in [2.45, 2.75) is 18.9 Å². The van der Waals surface area contributed by atoms with Crippen LogP contribution >= 0.6 is 11.6 Å². The molecule has 0 saturated carbocycles. The molecule has 3 heterocycles. The number of halogens is 1. The zero-order valence-electron chi connectivity index (χ0n) is 11.3. The highest BCUT2D eigenvalue weighted by molar-refractivity contribution is 6.29. The van der Waals surface area contributed by atoms with E-state index < -0.39 is 0 Å². The molecule has 0 radical (unpaired) electrons. The first-order valence-electron chi connectivity index (χ1n) is 6.93. The molecule has 0 amide bonds. The molecule has 7 heteroatoms. The normalized spacial score (nSPS) is 20.9. The monoisotopic (exact) mass is 299 g/mol. The fourth-order valence-electron chi connectivity index (χ4n) is 2.34. The second-order valence-electron chi connectivity index (χ2n) is 4.86. The van der Waals surface area contributed by atoms with Gasteiger partial charge in [-0.15, -0.1) is 0 Å². The Balaban J connectivity index is 1.71. The standard InChI is InChI=1S/C13H18ClN3O3/c14-11-9-12(17-3-7-19-8-4-17)16-13(15-11)20-10-1-5-18-6-2-10/h9-10H,1-8H2. The van der Waals surface area contributed by atoms with E-state index in [0.717, 1.165) is 45.0 Å². The van der Waals surface area contributed by atoms with E-state index >= 15 is 0 Å². The predicted octanol–water partition coefficient (Wildman–Crippen LogP) is 1.52. The van der Waals surface area contributed by atoms with Crippen LogP contribution in [0, 0.1) is 0 Å². The maximum absolute atomic E-state index is 6.07. The third kappa shape index (κ3) is 3.50. The van der Waals surface area contributed by atoms with Crippen molar-refractivity contribution in [1.82, 2.24) is 9.97 Å². The largest absolute Gasteiger partial charge is 0.460 e. The first kappa shape index (κ1) is 13.9. The lowest BCUT2D eigenvalue weighted by atomic mass is 10.2. The van der Waals surface area contributed by atoms with E-state index in [4.69, 9.17) is 25.8 Å². The molecule has 3 rings (SSSR count). The molecule has 6 nitrogen and oxygen atoms in total. The van der Waals surface area contributed by atoms with Crippen LogP contribution in [-0.4, -0.2) is 55.6 Å². The number of hydrogen-bond donors (Lipinski definition) is 0. The van der Waals surface area contributed by atoms with Crippen LogP contribution in [0.5, 0.6) is 6.01 Å². The molecule has 0 aromatic carbocycles. The number of hydrogen-bond acceptors (Lipinski definition) is 6. The molecule has 20 heavy (non-hydrogen) atoms. The highest BCUT2D eigenvalue weighted by Gasteiger charge is 2.19. The molecule has 0 unspecified atom stereocenters. The SMILES string of the molecule is Clc1cc(N2CCOCC2)nc(OC2CCOCC2)n1. The van der Waals surface area contributed by atoms with Gasteiger partial charge in [-0.1, -0.05) is 11.6 Å². The van der Waals surface area contributed by atoms with Crippen LogP contribution in [0.25, 0.3) is 0 Å². The molecule has 1 aromatic rings. The summed E-state index contributed by atoms with van der Waals surface area (Å²) in [5.74, 6) is 0.801. The highest BCUT2D eigenvalue weighted by atomic mass is 35.5. The molecule has 2 aliphatic heterocycles. The Hall–Kier alpha value is -1.11. The lowest BCUT2D eigenvalue weighted by molar-refractivity contribution is 0.0217. The smallest absolute Gasteiger partial charge is 0.320 e. The summed E-state index contributed by atoms with van der Waals surface area (Å²) in [4.78, 5) is 10.8. The summed E-state index contributed by atoms with van der Waals surface area (Å²) in [5, 5.41) is 0.406. The Labute approximate surface area is 123 Å². The maximum atomic E-state index is 6.07. The second-order valence-corrected chi connectivity index (χ2v) is 5.25. The minimum absolute atomic E-state index is 0.111. The van der Waals surface area contributed by atoms with E-state index in [-0.39, 0.29) is 6.10 Å². The van der Waals surface area contributed by atoms with E-state index in [1.165, 1.54) is 0 Å². The van der Waals surface area contributed by atoms with Gasteiger partial charge in [0, 0.05) is 32.0 Å². The van der Waals surface area contributed by atoms with Crippen molar-refractivity contribution in [2.75, 3.05) is 44.4 Å². The van der Waals surface area contributed by atoms with E-state index in [0.29, 0.717) is 24.4 Å². The number of anilines is 1. The van der Waals surface area contributed by atoms with Crippen LogP contribution in [0.1, 0.15) is 12.8 Å². The Morgan fingerprint density at radius 2 is 1.80 bits per heavy atom. The summed E-state index contributed by atoms with van der Waals surface area (Å²) in [7, 11) is 0. The third-order valence-electron chi connectivity index (χ3n) is 3.44. The van der Waals surface area contributed by atoms with Crippen LogP contribution in [0.3, 0.4) is 0 Å². The molecule has 2 saturated heterocycles. The maximum Gasteiger partial charge on any atom is 0.320 e. The zero-order chi connectivity index (χ0) is 13.8. The molecule has 2 fully saturated rings. The average molecular weight is 300 g/mol. The number of morpholine rings is 1. The topological polar surface area (TPSA) is 56.7 Å². The molecule has 1 aromatic heterocycles. The third-order valence-corrected chi connectivity index (χ3v) is 3.63. The van der Waals surface area contributed by atoms with Crippen molar-refractivity contribution < 1.29 is 14.2 Å². The van der Waals surface area contributed by atoms with E-state index in [1.54, 1.807) is 6.07 Å². The van der Waals surface area contributed by atoms with Crippen molar-refractivity contribution in [3.8, 4) is 6.01 Å².